The number of allylic oxidation sites excluding steroid dienone is 1. The Kier molecular flexibility index (Phi) is 3.96. The van der Waals surface area contributed by atoms with Crippen molar-refractivity contribution in [1.82, 2.24) is 0 Å². The van der Waals surface area contributed by atoms with Gasteiger partial charge in [-0.25, -0.2) is 4.39 Å². The predicted molar refractivity (Wildman–Crippen MR) is 59.4 cm³/mol. The number of rotatable bonds is 3. The first-order chi connectivity index (χ1) is 7.04. The summed E-state index contributed by atoms with van der Waals surface area (Å²) in [6.45, 7) is 1.66. The average Bonchev–Trinajstić information content (AvgIpc) is 2.18. The van der Waals surface area contributed by atoms with E-state index in [2.05, 4.69) is 15.9 Å². The van der Waals surface area contributed by atoms with E-state index in [0.29, 0.717) is 4.47 Å². The second-order valence-electron chi connectivity index (χ2n) is 2.91. The minimum absolute atomic E-state index is 0.00741. The van der Waals surface area contributed by atoms with Crippen molar-refractivity contribution in [1.29, 1.82) is 0 Å². The molecule has 80 valence electrons. The summed E-state index contributed by atoms with van der Waals surface area (Å²) in [5, 5.41) is 10.5. The third kappa shape index (κ3) is 3.13. The zero-order chi connectivity index (χ0) is 11.4. The molecular weight excluding hydrogens is 265 g/mol. The van der Waals surface area contributed by atoms with Crippen molar-refractivity contribution in [2.45, 2.75) is 13.3 Å². The normalized spacial score (nSPS) is 11.5. The highest BCUT2D eigenvalue weighted by Gasteiger charge is 2.09. The third-order valence-corrected chi connectivity index (χ3v) is 2.37. The third-order valence-electron chi connectivity index (χ3n) is 1.88. The fourth-order valence-corrected chi connectivity index (χ4v) is 1.47. The molecule has 0 aliphatic carbocycles. The van der Waals surface area contributed by atoms with Gasteiger partial charge in [0.15, 0.2) is 0 Å². The summed E-state index contributed by atoms with van der Waals surface area (Å²) in [6.07, 6.45) is 1.51. The number of nitrogens with zero attached hydrogens (tertiary/aromatic N) is 1. The Balaban J connectivity index is 3.16. The van der Waals surface area contributed by atoms with E-state index in [-0.39, 0.29) is 17.7 Å². The van der Waals surface area contributed by atoms with Crippen molar-refractivity contribution in [3.05, 3.63) is 49.9 Å². The fraction of sp³-hybridized carbons (Fsp3) is 0.200. The standard InChI is InChI=1S/C10H9BrFNO2/c1-2-9(13(14)15)6-7-5-8(11)3-4-10(7)12/h3-6H,2H2,1H3. The van der Waals surface area contributed by atoms with E-state index in [1.54, 1.807) is 13.0 Å². The van der Waals surface area contributed by atoms with Crippen molar-refractivity contribution in [3.8, 4) is 0 Å². The molecule has 0 unspecified atom stereocenters. The Hall–Kier alpha value is -1.23. The molecule has 0 bridgehead atoms. The molecule has 1 aromatic rings. The second kappa shape index (κ2) is 5.02. The minimum atomic E-state index is -0.500. The van der Waals surface area contributed by atoms with Crippen LogP contribution in [-0.2, 0) is 0 Å². The maximum atomic E-state index is 13.2. The van der Waals surface area contributed by atoms with Gasteiger partial charge in [0.1, 0.15) is 5.82 Å². The lowest BCUT2D eigenvalue weighted by Crippen LogP contribution is -1.97. The zero-order valence-corrected chi connectivity index (χ0v) is 9.62. The first kappa shape index (κ1) is 11.8. The largest absolute Gasteiger partial charge is 0.259 e. The molecule has 1 aromatic carbocycles. The summed E-state index contributed by atoms with van der Waals surface area (Å²) in [4.78, 5) is 10.0. The lowest BCUT2D eigenvalue weighted by atomic mass is 10.1. The fourth-order valence-electron chi connectivity index (χ4n) is 1.09. The molecule has 0 aliphatic heterocycles. The SMILES string of the molecule is CCC(=Cc1cc(Br)ccc1F)[N+](=O)[O-]. The van der Waals surface area contributed by atoms with Crippen molar-refractivity contribution in [2.24, 2.45) is 0 Å². The summed E-state index contributed by atoms with van der Waals surface area (Å²) in [6, 6.07) is 4.32. The summed E-state index contributed by atoms with van der Waals surface area (Å²) in [7, 11) is 0. The van der Waals surface area contributed by atoms with Crippen LogP contribution in [0.2, 0.25) is 0 Å². The van der Waals surface area contributed by atoms with Crippen LogP contribution in [0, 0.1) is 15.9 Å². The highest BCUT2D eigenvalue weighted by Crippen LogP contribution is 2.19. The first-order valence-electron chi connectivity index (χ1n) is 4.34. The van der Waals surface area contributed by atoms with E-state index in [4.69, 9.17) is 0 Å². The smallest absolute Gasteiger partial charge is 0.246 e. The summed E-state index contributed by atoms with van der Waals surface area (Å²) >= 11 is 3.18. The predicted octanol–water partition coefficient (Wildman–Crippen LogP) is 3.62. The molecule has 0 atom stereocenters. The van der Waals surface area contributed by atoms with Crippen molar-refractivity contribution >= 4 is 22.0 Å². The molecule has 0 saturated carbocycles. The lowest BCUT2D eigenvalue weighted by Gasteiger charge is -1.98. The van der Waals surface area contributed by atoms with E-state index in [1.807, 2.05) is 0 Å². The van der Waals surface area contributed by atoms with Crippen molar-refractivity contribution in [3.63, 3.8) is 0 Å². The van der Waals surface area contributed by atoms with E-state index >= 15 is 0 Å². The molecular formula is C10H9BrFNO2. The molecule has 5 heteroatoms. The summed E-state index contributed by atoms with van der Waals surface area (Å²) in [5.41, 5.74) is 0.213. The van der Waals surface area contributed by atoms with Gasteiger partial charge >= 0.3 is 0 Å². The van der Waals surface area contributed by atoms with Crippen molar-refractivity contribution in [2.75, 3.05) is 0 Å². The van der Waals surface area contributed by atoms with Gasteiger partial charge < -0.3 is 0 Å². The molecule has 0 aromatic heterocycles. The van der Waals surface area contributed by atoms with Gasteiger partial charge in [-0.05, 0) is 18.2 Å². The van der Waals surface area contributed by atoms with Crippen LogP contribution >= 0.6 is 15.9 Å². The van der Waals surface area contributed by atoms with Crippen LogP contribution in [0.25, 0.3) is 6.08 Å². The van der Waals surface area contributed by atoms with Gasteiger partial charge in [0, 0.05) is 22.5 Å². The molecule has 0 fully saturated rings. The lowest BCUT2D eigenvalue weighted by molar-refractivity contribution is -0.425. The number of halogens is 2. The number of hydrogen-bond donors (Lipinski definition) is 0. The monoisotopic (exact) mass is 273 g/mol. The first-order valence-corrected chi connectivity index (χ1v) is 5.14. The molecule has 1 rings (SSSR count). The highest BCUT2D eigenvalue weighted by atomic mass is 79.9. The molecule has 0 N–H and O–H groups in total. The molecule has 0 amide bonds. The van der Waals surface area contributed by atoms with Crippen LogP contribution in [-0.4, -0.2) is 4.92 Å². The Bertz CT molecular complexity index is 418. The van der Waals surface area contributed by atoms with Crippen LogP contribution in [0.4, 0.5) is 4.39 Å². The van der Waals surface area contributed by atoms with E-state index in [9.17, 15) is 14.5 Å². The summed E-state index contributed by atoms with van der Waals surface area (Å²) < 4.78 is 13.9. The van der Waals surface area contributed by atoms with Gasteiger partial charge in [0.25, 0.3) is 0 Å². The summed E-state index contributed by atoms with van der Waals surface area (Å²) in [5.74, 6) is -0.467. The average molecular weight is 274 g/mol. The number of hydrogen-bond acceptors (Lipinski definition) is 2. The quantitative estimate of drug-likeness (QED) is 0.624. The Morgan fingerprint density at radius 3 is 2.87 bits per heavy atom. The molecule has 15 heavy (non-hydrogen) atoms. The van der Waals surface area contributed by atoms with Gasteiger partial charge in [-0.1, -0.05) is 22.9 Å². The van der Waals surface area contributed by atoms with Crippen LogP contribution in [0.1, 0.15) is 18.9 Å². The Morgan fingerprint density at radius 1 is 1.67 bits per heavy atom. The number of benzene rings is 1. The zero-order valence-electron chi connectivity index (χ0n) is 8.04. The second-order valence-corrected chi connectivity index (χ2v) is 3.83. The van der Waals surface area contributed by atoms with Crippen LogP contribution in [0.5, 0.6) is 0 Å². The van der Waals surface area contributed by atoms with Gasteiger partial charge in [-0.15, -0.1) is 0 Å². The maximum Gasteiger partial charge on any atom is 0.246 e. The van der Waals surface area contributed by atoms with Crippen molar-refractivity contribution < 1.29 is 9.31 Å². The van der Waals surface area contributed by atoms with E-state index in [0.717, 1.165) is 0 Å². The minimum Gasteiger partial charge on any atom is -0.259 e. The highest BCUT2D eigenvalue weighted by molar-refractivity contribution is 9.10. The van der Waals surface area contributed by atoms with Gasteiger partial charge in [0.2, 0.25) is 5.70 Å². The molecule has 0 aliphatic rings. The van der Waals surface area contributed by atoms with Gasteiger partial charge in [-0.2, -0.15) is 0 Å². The Labute approximate surface area is 94.9 Å². The van der Waals surface area contributed by atoms with Gasteiger partial charge in [0.05, 0.1) is 4.92 Å². The van der Waals surface area contributed by atoms with Gasteiger partial charge in [-0.3, -0.25) is 10.1 Å². The maximum absolute atomic E-state index is 13.2. The number of nitro groups is 1. The van der Waals surface area contributed by atoms with E-state index < -0.39 is 10.7 Å². The van der Waals surface area contributed by atoms with Crippen LogP contribution in [0.15, 0.2) is 28.4 Å². The molecule has 3 nitrogen and oxygen atoms in total. The van der Waals surface area contributed by atoms with Crippen LogP contribution < -0.4 is 0 Å². The molecule has 0 spiro atoms. The van der Waals surface area contributed by atoms with E-state index in [1.165, 1.54) is 18.2 Å². The van der Waals surface area contributed by atoms with Crippen LogP contribution in [0.3, 0.4) is 0 Å². The molecule has 0 saturated heterocycles. The topological polar surface area (TPSA) is 43.1 Å². The Morgan fingerprint density at radius 2 is 2.33 bits per heavy atom. The molecule has 0 heterocycles. The molecule has 0 radical (unpaired) electrons.